The van der Waals surface area contributed by atoms with Gasteiger partial charge in [0.2, 0.25) is 5.91 Å². The van der Waals surface area contributed by atoms with E-state index in [0.29, 0.717) is 6.54 Å². The molecule has 2 aromatic carbocycles. The summed E-state index contributed by atoms with van der Waals surface area (Å²) in [4.78, 5) is 17.4. The van der Waals surface area contributed by atoms with Crippen molar-refractivity contribution >= 4 is 16.9 Å². The first-order valence-electron chi connectivity index (χ1n) is 10.8. The number of carbonyl (C=O) groups is 1. The van der Waals surface area contributed by atoms with Gasteiger partial charge in [-0.15, -0.1) is 0 Å². The van der Waals surface area contributed by atoms with Gasteiger partial charge < -0.3 is 15.2 Å². The minimum Gasteiger partial charge on any atom is -0.353 e. The number of benzene rings is 2. The van der Waals surface area contributed by atoms with Crippen LogP contribution in [0, 0.1) is 5.92 Å². The molecule has 0 spiro atoms. The van der Waals surface area contributed by atoms with Crippen molar-refractivity contribution in [2.75, 3.05) is 19.6 Å². The molecule has 0 saturated heterocycles. The van der Waals surface area contributed by atoms with Gasteiger partial charge in [-0.25, -0.2) is 4.98 Å². The van der Waals surface area contributed by atoms with Gasteiger partial charge in [-0.1, -0.05) is 61.7 Å². The van der Waals surface area contributed by atoms with Crippen LogP contribution >= 0.6 is 0 Å². The molecule has 2 N–H and O–H groups in total. The molecule has 1 fully saturated rings. The van der Waals surface area contributed by atoms with Crippen molar-refractivity contribution in [2.45, 2.75) is 38.6 Å². The monoisotopic (exact) mass is 390 g/mol. The van der Waals surface area contributed by atoms with Crippen LogP contribution in [0.2, 0.25) is 0 Å². The van der Waals surface area contributed by atoms with Crippen LogP contribution in [0.5, 0.6) is 0 Å². The van der Waals surface area contributed by atoms with Crippen molar-refractivity contribution in [3.05, 3.63) is 54.6 Å². The van der Waals surface area contributed by atoms with Gasteiger partial charge in [0.1, 0.15) is 12.4 Å². The Balaban J connectivity index is 1.35. The van der Waals surface area contributed by atoms with Crippen molar-refractivity contribution < 1.29 is 4.79 Å². The Morgan fingerprint density at radius 3 is 2.55 bits per heavy atom. The summed E-state index contributed by atoms with van der Waals surface area (Å²) in [5.74, 6) is 1.66. The molecule has 0 unspecified atom stereocenters. The number of para-hydroxylation sites is 2. The van der Waals surface area contributed by atoms with E-state index >= 15 is 0 Å². The van der Waals surface area contributed by atoms with E-state index in [2.05, 4.69) is 10.6 Å². The number of nitrogens with one attached hydrogen (secondary N) is 2. The maximum atomic E-state index is 12.6. The lowest BCUT2D eigenvalue weighted by Crippen LogP contribution is -2.35. The largest absolute Gasteiger partial charge is 0.353 e. The van der Waals surface area contributed by atoms with Crippen molar-refractivity contribution in [2.24, 2.45) is 5.92 Å². The molecule has 1 heterocycles. The zero-order valence-corrected chi connectivity index (χ0v) is 16.9. The van der Waals surface area contributed by atoms with Crippen LogP contribution in [0.15, 0.2) is 54.6 Å². The molecule has 1 aliphatic carbocycles. The number of nitrogens with zero attached hydrogens (tertiary/aromatic N) is 2. The van der Waals surface area contributed by atoms with Gasteiger partial charge in [0.25, 0.3) is 0 Å². The lowest BCUT2D eigenvalue weighted by molar-refractivity contribution is -0.121. The Bertz CT molecular complexity index is 928. The Morgan fingerprint density at radius 2 is 1.72 bits per heavy atom. The first-order chi connectivity index (χ1) is 14.3. The highest BCUT2D eigenvalue weighted by molar-refractivity contribution is 5.84. The van der Waals surface area contributed by atoms with Crippen molar-refractivity contribution in [1.29, 1.82) is 0 Å². The summed E-state index contributed by atoms with van der Waals surface area (Å²) >= 11 is 0. The number of hydrogen-bond acceptors (Lipinski definition) is 3. The molecule has 5 nitrogen and oxygen atoms in total. The Hall–Kier alpha value is -2.66. The Morgan fingerprint density at radius 1 is 0.966 bits per heavy atom. The number of imidazole rings is 1. The molecular formula is C24H30N4O. The van der Waals surface area contributed by atoms with Crippen LogP contribution in [-0.2, 0) is 11.3 Å². The number of carbonyl (C=O) groups excluding carboxylic acids is 1. The SMILES string of the molecule is O=C(Cn1c(-c2ccccc2)nc2ccccc21)NCCNCC1CCCCC1. The first-order valence-corrected chi connectivity index (χ1v) is 10.8. The quantitative estimate of drug-likeness (QED) is 0.572. The molecule has 0 radical (unpaired) electrons. The molecule has 3 aromatic rings. The van der Waals surface area contributed by atoms with Crippen LogP contribution in [-0.4, -0.2) is 35.1 Å². The maximum absolute atomic E-state index is 12.6. The fourth-order valence-electron chi connectivity index (χ4n) is 4.23. The number of amides is 1. The lowest BCUT2D eigenvalue weighted by atomic mass is 9.89. The molecule has 5 heteroatoms. The predicted octanol–water partition coefficient (Wildman–Crippen LogP) is 3.99. The third kappa shape index (κ3) is 5.04. The number of hydrogen-bond donors (Lipinski definition) is 2. The predicted molar refractivity (Wildman–Crippen MR) is 118 cm³/mol. The fraction of sp³-hybridized carbons (Fsp3) is 0.417. The zero-order valence-electron chi connectivity index (χ0n) is 16.9. The smallest absolute Gasteiger partial charge is 0.240 e. The van der Waals surface area contributed by atoms with E-state index in [4.69, 9.17) is 4.98 Å². The van der Waals surface area contributed by atoms with Crippen LogP contribution < -0.4 is 10.6 Å². The Labute approximate surface area is 172 Å². The van der Waals surface area contributed by atoms with Gasteiger partial charge in [-0.2, -0.15) is 0 Å². The molecule has 1 aliphatic rings. The second-order valence-corrected chi connectivity index (χ2v) is 7.93. The number of rotatable bonds is 8. The summed E-state index contributed by atoms with van der Waals surface area (Å²) in [5.41, 5.74) is 2.91. The van der Waals surface area contributed by atoms with Gasteiger partial charge >= 0.3 is 0 Å². The van der Waals surface area contributed by atoms with E-state index in [1.54, 1.807) is 0 Å². The summed E-state index contributed by atoms with van der Waals surface area (Å²) in [7, 11) is 0. The van der Waals surface area contributed by atoms with E-state index in [1.807, 2.05) is 59.2 Å². The van der Waals surface area contributed by atoms with Crippen LogP contribution in [0.1, 0.15) is 32.1 Å². The summed E-state index contributed by atoms with van der Waals surface area (Å²) in [6.45, 7) is 2.81. The lowest BCUT2D eigenvalue weighted by Gasteiger charge is -2.21. The van der Waals surface area contributed by atoms with Crippen LogP contribution in [0.3, 0.4) is 0 Å². The number of aromatic nitrogens is 2. The molecule has 1 amide bonds. The maximum Gasteiger partial charge on any atom is 0.240 e. The van der Waals surface area contributed by atoms with Crippen LogP contribution in [0.25, 0.3) is 22.4 Å². The minimum absolute atomic E-state index is 0.0183. The second-order valence-electron chi connectivity index (χ2n) is 7.93. The normalized spacial score (nSPS) is 14.9. The molecule has 1 saturated carbocycles. The average molecular weight is 391 g/mol. The molecule has 0 aliphatic heterocycles. The highest BCUT2D eigenvalue weighted by atomic mass is 16.1. The topological polar surface area (TPSA) is 59.0 Å². The summed E-state index contributed by atoms with van der Waals surface area (Å²) < 4.78 is 2.01. The van der Waals surface area contributed by atoms with Gasteiger partial charge in [0, 0.05) is 18.7 Å². The zero-order chi connectivity index (χ0) is 19.9. The van der Waals surface area contributed by atoms with Gasteiger partial charge in [-0.05, 0) is 37.4 Å². The molecule has 0 atom stereocenters. The molecule has 4 rings (SSSR count). The molecule has 0 bridgehead atoms. The summed E-state index contributed by atoms with van der Waals surface area (Å²) in [6.07, 6.45) is 6.81. The van der Waals surface area contributed by atoms with Crippen LogP contribution in [0.4, 0.5) is 0 Å². The molecule has 1 aromatic heterocycles. The van der Waals surface area contributed by atoms with Gasteiger partial charge in [0.05, 0.1) is 11.0 Å². The standard InChI is InChI=1S/C24H30N4O/c29-23(26-16-15-25-17-19-9-3-1-4-10-19)18-28-22-14-8-7-13-21(22)27-24(28)20-11-5-2-6-12-20/h2,5-8,11-14,19,25H,1,3-4,9-10,15-18H2,(H,26,29). The van der Waals surface area contributed by atoms with E-state index in [9.17, 15) is 4.79 Å². The molecule has 29 heavy (non-hydrogen) atoms. The first kappa shape index (κ1) is 19.6. The van der Waals surface area contributed by atoms with Crippen molar-refractivity contribution in [3.63, 3.8) is 0 Å². The van der Waals surface area contributed by atoms with Crippen molar-refractivity contribution in [1.82, 2.24) is 20.2 Å². The average Bonchev–Trinajstić information content (AvgIpc) is 3.13. The second kappa shape index (κ2) is 9.70. The van der Waals surface area contributed by atoms with E-state index in [0.717, 1.165) is 41.4 Å². The Kier molecular flexibility index (Phi) is 6.57. The highest BCUT2D eigenvalue weighted by Gasteiger charge is 2.15. The third-order valence-electron chi connectivity index (χ3n) is 5.77. The van der Waals surface area contributed by atoms with E-state index in [-0.39, 0.29) is 12.5 Å². The third-order valence-corrected chi connectivity index (χ3v) is 5.77. The summed E-state index contributed by atoms with van der Waals surface area (Å²) in [5, 5.41) is 6.55. The van der Waals surface area contributed by atoms with Crippen molar-refractivity contribution in [3.8, 4) is 11.4 Å². The molecular weight excluding hydrogens is 360 g/mol. The minimum atomic E-state index is 0.0183. The van der Waals surface area contributed by atoms with Gasteiger partial charge in [-0.3, -0.25) is 4.79 Å². The highest BCUT2D eigenvalue weighted by Crippen LogP contribution is 2.24. The number of fused-ring (bicyclic) bond motifs is 1. The fourth-order valence-corrected chi connectivity index (χ4v) is 4.23. The summed E-state index contributed by atoms with van der Waals surface area (Å²) in [6, 6.07) is 18.0. The van der Waals surface area contributed by atoms with Gasteiger partial charge in [0.15, 0.2) is 0 Å². The van der Waals surface area contributed by atoms with E-state index < -0.39 is 0 Å². The molecule has 152 valence electrons. The van der Waals surface area contributed by atoms with E-state index in [1.165, 1.54) is 32.1 Å².